The molecule has 25 heavy (non-hydrogen) atoms. The zero-order chi connectivity index (χ0) is 18.2. The molecule has 0 spiro atoms. The molecule has 0 bridgehead atoms. The van der Waals surface area contributed by atoms with Crippen LogP contribution in [-0.4, -0.2) is 32.9 Å². The summed E-state index contributed by atoms with van der Waals surface area (Å²) >= 11 is 9.21. The van der Waals surface area contributed by atoms with E-state index >= 15 is 0 Å². The number of nitrogens with zero attached hydrogens (tertiary/aromatic N) is 1. The van der Waals surface area contributed by atoms with Crippen LogP contribution in [-0.2, 0) is 4.79 Å². The molecule has 0 saturated heterocycles. The summed E-state index contributed by atoms with van der Waals surface area (Å²) in [4.78, 5) is 11.8. The lowest BCUT2D eigenvalue weighted by atomic mass is 10.2. The van der Waals surface area contributed by atoms with Gasteiger partial charge in [-0.05, 0) is 57.9 Å². The first-order valence-electron chi connectivity index (χ1n) is 7.26. The van der Waals surface area contributed by atoms with E-state index < -0.39 is 0 Å². The molecule has 2 N–H and O–H groups in total. The number of hydrogen-bond donors (Lipinski definition) is 2. The van der Waals surface area contributed by atoms with Gasteiger partial charge in [-0.15, -0.1) is 0 Å². The van der Waals surface area contributed by atoms with Crippen molar-refractivity contribution in [3.8, 4) is 11.5 Å². The molecule has 132 valence electrons. The number of anilines is 1. The number of ether oxygens (including phenoxy) is 2. The first kappa shape index (κ1) is 19.1. The number of benzene rings is 2. The average molecular weight is 427 g/mol. The SMILES string of the molecule is COc1cc(/C=N\NC(=O)CNc2ccc(Cl)cc2)cc(Br)c1OC. The van der Waals surface area contributed by atoms with Crippen molar-refractivity contribution in [2.24, 2.45) is 5.10 Å². The molecule has 0 radical (unpaired) electrons. The van der Waals surface area contributed by atoms with Gasteiger partial charge < -0.3 is 14.8 Å². The molecule has 0 aliphatic carbocycles. The molecule has 0 aliphatic heterocycles. The van der Waals surface area contributed by atoms with Crippen molar-refractivity contribution in [3.63, 3.8) is 0 Å². The van der Waals surface area contributed by atoms with Crippen molar-refractivity contribution in [2.75, 3.05) is 26.1 Å². The van der Waals surface area contributed by atoms with Crippen LogP contribution < -0.4 is 20.2 Å². The number of carbonyl (C=O) groups excluding carboxylic acids is 1. The van der Waals surface area contributed by atoms with E-state index in [0.29, 0.717) is 16.5 Å². The molecule has 8 heteroatoms. The van der Waals surface area contributed by atoms with Crippen LogP contribution in [0.25, 0.3) is 0 Å². The molecule has 2 rings (SSSR count). The van der Waals surface area contributed by atoms with Crippen LogP contribution in [0.5, 0.6) is 11.5 Å². The Morgan fingerprint density at radius 3 is 2.60 bits per heavy atom. The summed E-state index contributed by atoms with van der Waals surface area (Å²) in [7, 11) is 3.11. The van der Waals surface area contributed by atoms with Crippen molar-refractivity contribution < 1.29 is 14.3 Å². The molecule has 0 heterocycles. The number of nitrogens with one attached hydrogen (secondary N) is 2. The molecule has 0 aromatic heterocycles. The summed E-state index contributed by atoms with van der Waals surface area (Å²) < 4.78 is 11.2. The van der Waals surface area contributed by atoms with Crippen LogP contribution >= 0.6 is 27.5 Å². The average Bonchev–Trinajstić information content (AvgIpc) is 2.60. The Morgan fingerprint density at radius 2 is 1.96 bits per heavy atom. The van der Waals surface area contributed by atoms with E-state index in [9.17, 15) is 4.79 Å². The Bertz CT molecular complexity index is 766. The standard InChI is InChI=1S/C17H17BrClN3O3/c1-24-15-8-11(7-14(18)17(15)25-2)9-21-22-16(23)10-20-13-5-3-12(19)4-6-13/h3-9,20H,10H2,1-2H3,(H,22,23)/b21-9-. The van der Waals surface area contributed by atoms with Gasteiger partial charge in [0.15, 0.2) is 11.5 Å². The van der Waals surface area contributed by atoms with Crippen LogP contribution in [0.3, 0.4) is 0 Å². The van der Waals surface area contributed by atoms with Gasteiger partial charge in [0.1, 0.15) is 0 Å². The fraction of sp³-hybridized carbons (Fsp3) is 0.176. The van der Waals surface area contributed by atoms with Crippen LogP contribution in [0.15, 0.2) is 46.0 Å². The monoisotopic (exact) mass is 425 g/mol. The molecule has 0 fully saturated rings. The molecular formula is C17H17BrClN3O3. The van der Waals surface area contributed by atoms with E-state index in [1.807, 2.05) is 6.07 Å². The molecule has 0 unspecified atom stereocenters. The lowest BCUT2D eigenvalue weighted by molar-refractivity contribution is -0.119. The van der Waals surface area contributed by atoms with Crippen molar-refractivity contribution in [1.29, 1.82) is 0 Å². The summed E-state index contributed by atoms with van der Waals surface area (Å²) in [5, 5.41) is 7.55. The number of methoxy groups -OCH3 is 2. The van der Waals surface area contributed by atoms with Gasteiger partial charge in [0.25, 0.3) is 5.91 Å². The molecule has 2 aromatic rings. The Kier molecular flexibility index (Phi) is 7.09. The minimum absolute atomic E-state index is 0.0919. The smallest absolute Gasteiger partial charge is 0.259 e. The first-order chi connectivity index (χ1) is 12.0. The summed E-state index contributed by atoms with van der Waals surface area (Å²) in [5.41, 5.74) is 4.00. The van der Waals surface area contributed by atoms with Crippen LogP contribution in [0.4, 0.5) is 5.69 Å². The summed E-state index contributed by atoms with van der Waals surface area (Å²) in [5.74, 6) is 0.885. The quantitative estimate of drug-likeness (QED) is 0.523. The van der Waals surface area contributed by atoms with Gasteiger partial charge in [0.2, 0.25) is 0 Å². The number of rotatable bonds is 7. The summed E-state index contributed by atoms with van der Waals surface area (Å²) in [6.07, 6.45) is 1.52. The zero-order valence-corrected chi connectivity index (χ0v) is 16.0. The zero-order valence-electron chi connectivity index (χ0n) is 13.7. The van der Waals surface area contributed by atoms with Gasteiger partial charge in [0.05, 0.1) is 31.5 Å². The first-order valence-corrected chi connectivity index (χ1v) is 8.43. The second-order valence-electron chi connectivity index (χ2n) is 4.89. The Morgan fingerprint density at radius 1 is 1.24 bits per heavy atom. The lowest BCUT2D eigenvalue weighted by Gasteiger charge is -2.10. The Balaban J connectivity index is 1.90. The molecule has 0 atom stereocenters. The molecule has 0 aliphatic rings. The minimum atomic E-state index is -0.272. The van der Waals surface area contributed by atoms with E-state index in [1.165, 1.54) is 6.21 Å². The van der Waals surface area contributed by atoms with Crippen LogP contribution in [0.1, 0.15) is 5.56 Å². The van der Waals surface area contributed by atoms with Crippen molar-refractivity contribution in [3.05, 3.63) is 51.5 Å². The fourth-order valence-electron chi connectivity index (χ4n) is 1.98. The predicted molar refractivity (Wildman–Crippen MR) is 103 cm³/mol. The number of amides is 1. The van der Waals surface area contributed by atoms with Gasteiger partial charge in [-0.2, -0.15) is 5.10 Å². The van der Waals surface area contributed by atoms with Crippen molar-refractivity contribution in [1.82, 2.24) is 5.43 Å². The van der Waals surface area contributed by atoms with E-state index in [0.717, 1.165) is 15.7 Å². The second kappa shape index (κ2) is 9.29. The minimum Gasteiger partial charge on any atom is -0.493 e. The molecule has 0 saturated carbocycles. The normalized spacial score (nSPS) is 10.6. The third kappa shape index (κ3) is 5.65. The number of halogens is 2. The van der Waals surface area contributed by atoms with E-state index in [1.54, 1.807) is 44.6 Å². The van der Waals surface area contributed by atoms with E-state index in [2.05, 4.69) is 31.8 Å². The van der Waals surface area contributed by atoms with Gasteiger partial charge in [-0.1, -0.05) is 11.6 Å². The highest BCUT2D eigenvalue weighted by molar-refractivity contribution is 9.10. The molecule has 2 aromatic carbocycles. The highest BCUT2D eigenvalue weighted by atomic mass is 79.9. The predicted octanol–water partition coefficient (Wildman–Crippen LogP) is 3.68. The highest BCUT2D eigenvalue weighted by Gasteiger charge is 2.09. The lowest BCUT2D eigenvalue weighted by Crippen LogP contribution is -2.25. The largest absolute Gasteiger partial charge is 0.493 e. The van der Waals surface area contributed by atoms with Crippen molar-refractivity contribution >= 4 is 45.3 Å². The topological polar surface area (TPSA) is 72.0 Å². The summed E-state index contributed by atoms with van der Waals surface area (Å²) in [6, 6.07) is 10.6. The van der Waals surface area contributed by atoms with Gasteiger partial charge in [0, 0.05) is 10.7 Å². The maximum atomic E-state index is 11.8. The third-order valence-corrected chi connectivity index (χ3v) is 4.00. The molecule has 6 nitrogen and oxygen atoms in total. The number of carbonyl (C=O) groups is 1. The van der Waals surface area contributed by atoms with Gasteiger partial charge >= 0.3 is 0 Å². The second-order valence-corrected chi connectivity index (χ2v) is 6.18. The summed E-state index contributed by atoms with van der Waals surface area (Å²) in [6.45, 7) is 0.0919. The van der Waals surface area contributed by atoms with Crippen LogP contribution in [0, 0.1) is 0 Å². The number of hydrogen-bond acceptors (Lipinski definition) is 5. The van der Waals surface area contributed by atoms with Gasteiger partial charge in [-0.3, -0.25) is 4.79 Å². The fourth-order valence-corrected chi connectivity index (χ4v) is 2.73. The van der Waals surface area contributed by atoms with Gasteiger partial charge in [-0.25, -0.2) is 5.43 Å². The van der Waals surface area contributed by atoms with Crippen LogP contribution in [0.2, 0.25) is 5.02 Å². The Labute approximate surface area is 159 Å². The highest BCUT2D eigenvalue weighted by Crippen LogP contribution is 2.35. The maximum Gasteiger partial charge on any atom is 0.259 e. The Hall–Kier alpha value is -2.25. The van der Waals surface area contributed by atoms with E-state index in [-0.39, 0.29) is 12.5 Å². The maximum absolute atomic E-state index is 11.8. The van der Waals surface area contributed by atoms with Crippen molar-refractivity contribution in [2.45, 2.75) is 0 Å². The molecule has 1 amide bonds. The molecular weight excluding hydrogens is 410 g/mol. The number of hydrazone groups is 1. The van der Waals surface area contributed by atoms with E-state index in [4.69, 9.17) is 21.1 Å². The third-order valence-electron chi connectivity index (χ3n) is 3.16.